The van der Waals surface area contributed by atoms with Crippen molar-refractivity contribution in [1.29, 1.82) is 0 Å². The van der Waals surface area contributed by atoms with Gasteiger partial charge in [0.05, 0.1) is 10.9 Å². The summed E-state index contributed by atoms with van der Waals surface area (Å²) in [6.45, 7) is 1.30. The molecule has 0 unspecified atom stereocenters. The minimum absolute atomic E-state index is 0.0458. The minimum atomic E-state index is -0.882. The third kappa shape index (κ3) is 5.24. The monoisotopic (exact) mass is 480 g/mol. The molecule has 1 aliphatic heterocycles. The lowest BCUT2D eigenvalue weighted by Crippen LogP contribution is -2.38. The first-order chi connectivity index (χ1) is 15.0. The molecule has 3 aromatic carbocycles. The second-order valence-corrected chi connectivity index (χ2v) is 8.19. The average molecular weight is 481 g/mol. The van der Waals surface area contributed by atoms with E-state index < -0.39 is 5.97 Å². The summed E-state index contributed by atoms with van der Waals surface area (Å²) in [5, 5.41) is 11.8. The van der Waals surface area contributed by atoms with Crippen LogP contribution in [-0.2, 0) is 24.2 Å². The number of carboxylic acid groups (broad SMARTS) is 1. The van der Waals surface area contributed by atoms with Crippen LogP contribution in [0.2, 0.25) is 0 Å². The van der Waals surface area contributed by atoms with E-state index in [-0.39, 0.29) is 12.5 Å². The second-order valence-electron chi connectivity index (χ2n) is 7.33. The Morgan fingerprint density at radius 2 is 1.77 bits per heavy atom. The molecule has 0 saturated heterocycles. The molecular weight excluding hydrogens is 460 g/mol. The van der Waals surface area contributed by atoms with Crippen molar-refractivity contribution in [3.05, 3.63) is 87.9 Å². The fourth-order valence-electron chi connectivity index (χ4n) is 3.52. The van der Waals surface area contributed by atoms with Gasteiger partial charge in [0.15, 0.2) is 0 Å². The van der Waals surface area contributed by atoms with Gasteiger partial charge in [-0.05, 0) is 75.4 Å². The molecule has 1 heterocycles. The van der Waals surface area contributed by atoms with Crippen molar-refractivity contribution in [2.24, 2.45) is 0 Å². The molecule has 2 N–H and O–H groups in total. The van der Waals surface area contributed by atoms with Crippen LogP contribution in [0.4, 0.5) is 10.5 Å². The van der Waals surface area contributed by atoms with Gasteiger partial charge in [-0.2, -0.15) is 0 Å². The number of amides is 2. The maximum Gasteiger partial charge on any atom is 0.322 e. The molecule has 0 bridgehead atoms. The molecule has 2 amide bonds. The summed E-state index contributed by atoms with van der Waals surface area (Å²) in [7, 11) is 0. The Morgan fingerprint density at radius 1 is 1.03 bits per heavy atom. The molecular formula is C24H21BrN2O4. The lowest BCUT2D eigenvalue weighted by atomic mass is 10.0. The maximum atomic E-state index is 12.6. The number of aliphatic carboxylic acids is 1. The molecule has 31 heavy (non-hydrogen) atoms. The first kappa shape index (κ1) is 20.9. The van der Waals surface area contributed by atoms with Crippen molar-refractivity contribution in [2.75, 3.05) is 11.9 Å². The molecule has 7 heteroatoms. The van der Waals surface area contributed by atoms with Crippen LogP contribution in [0, 0.1) is 0 Å². The van der Waals surface area contributed by atoms with E-state index in [0.29, 0.717) is 40.3 Å². The highest BCUT2D eigenvalue weighted by molar-refractivity contribution is 9.10. The Hall–Kier alpha value is -3.32. The summed E-state index contributed by atoms with van der Waals surface area (Å²) in [6.07, 6.45) is 0.812. The van der Waals surface area contributed by atoms with Crippen molar-refractivity contribution in [2.45, 2.75) is 19.4 Å². The number of rotatable bonds is 5. The van der Waals surface area contributed by atoms with Gasteiger partial charge in [0.2, 0.25) is 0 Å². The third-order valence-electron chi connectivity index (χ3n) is 5.10. The van der Waals surface area contributed by atoms with E-state index >= 15 is 0 Å². The Morgan fingerprint density at radius 3 is 2.48 bits per heavy atom. The van der Waals surface area contributed by atoms with Gasteiger partial charge in [0, 0.05) is 18.8 Å². The average Bonchev–Trinajstić information content (AvgIpc) is 2.76. The molecule has 0 aromatic heterocycles. The van der Waals surface area contributed by atoms with E-state index in [1.807, 2.05) is 17.0 Å². The number of carbonyl (C=O) groups excluding carboxylic acids is 1. The Labute approximate surface area is 188 Å². The zero-order valence-electron chi connectivity index (χ0n) is 16.7. The number of carbonyl (C=O) groups is 2. The zero-order valence-corrected chi connectivity index (χ0v) is 18.3. The number of nitrogens with zero attached hydrogens (tertiary/aromatic N) is 1. The second kappa shape index (κ2) is 9.22. The van der Waals surface area contributed by atoms with Gasteiger partial charge in [0.25, 0.3) is 0 Å². The first-order valence-electron chi connectivity index (χ1n) is 9.89. The third-order valence-corrected chi connectivity index (χ3v) is 5.72. The maximum absolute atomic E-state index is 12.6. The molecule has 4 rings (SSSR count). The predicted molar refractivity (Wildman–Crippen MR) is 122 cm³/mol. The van der Waals surface area contributed by atoms with Crippen molar-refractivity contribution in [1.82, 2.24) is 4.90 Å². The van der Waals surface area contributed by atoms with Gasteiger partial charge in [0.1, 0.15) is 11.5 Å². The van der Waals surface area contributed by atoms with Crippen molar-refractivity contribution in [3.8, 4) is 11.5 Å². The van der Waals surface area contributed by atoms with E-state index in [4.69, 9.17) is 9.84 Å². The summed E-state index contributed by atoms with van der Waals surface area (Å²) in [4.78, 5) is 25.3. The normalized spacial score (nSPS) is 12.7. The van der Waals surface area contributed by atoms with Crippen LogP contribution in [0.5, 0.6) is 11.5 Å². The molecule has 0 radical (unpaired) electrons. The summed E-state index contributed by atoms with van der Waals surface area (Å²) >= 11 is 3.42. The highest BCUT2D eigenvalue weighted by Gasteiger charge is 2.20. The Kier molecular flexibility index (Phi) is 6.23. The van der Waals surface area contributed by atoms with Crippen molar-refractivity contribution >= 4 is 33.6 Å². The van der Waals surface area contributed by atoms with E-state index in [1.54, 1.807) is 42.5 Å². The van der Waals surface area contributed by atoms with Gasteiger partial charge in [-0.3, -0.25) is 4.79 Å². The summed E-state index contributed by atoms with van der Waals surface area (Å²) in [5.74, 6) is 0.307. The fraction of sp³-hybridized carbons (Fsp3) is 0.167. The lowest BCUT2D eigenvalue weighted by Gasteiger charge is -2.29. The molecule has 0 atom stereocenters. The van der Waals surface area contributed by atoms with Gasteiger partial charge in [-0.1, -0.05) is 30.3 Å². The molecule has 0 saturated carbocycles. The Balaban J connectivity index is 1.36. The predicted octanol–water partition coefficient (Wildman–Crippen LogP) is 5.46. The number of urea groups is 1. The molecule has 158 valence electrons. The van der Waals surface area contributed by atoms with Crippen LogP contribution in [-0.4, -0.2) is 28.6 Å². The number of hydrogen-bond donors (Lipinski definition) is 2. The van der Waals surface area contributed by atoms with Gasteiger partial charge < -0.3 is 20.1 Å². The number of fused-ring (bicyclic) bond motifs is 1. The largest absolute Gasteiger partial charge is 0.481 e. The topological polar surface area (TPSA) is 78.9 Å². The van der Waals surface area contributed by atoms with Crippen LogP contribution < -0.4 is 10.1 Å². The van der Waals surface area contributed by atoms with Gasteiger partial charge in [-0.25, -0.2) is 4.79 Å². The molecule has 1 aliphatic rings. The van der Waals surface area contributed by atoms with E-state index in [1.165, 1.54) is 11.1 Å². The van der Waals surface area contributed by atoms with E-state index in [2.05, 4.69) is 33.4 Å². The van der Waals surface area contributed by atoms with Crippen LogP contribution in [0.15, 0.2) is 71.2 Å². The highest BCUT2D eigenvalue weighted by Crippen LogP contribution is 2.31. The smallest absolute Gasteiger partial charge is 0.322 e. The van der Waals surface area contributed by atoms with Crippen LogP contribution in [0.3, 0.4) is 0 Å². The minimum Gasteiger partial charge on any atom is -0.481 e. The summed E-state index contributed by atoms with van der Waals surface area (Å²) in [5.41, 5.74) is 3.86. The van der Waals surface area contributed by atoms with Crippen LogP contribution in [0.25, 0.3) is 0 Å². The Bertz CT molecular complexity index is 1110. The molecule has 0 aliphatic carbocycles. The fourth-order valence-corrected chi connectivity index (χ4v) is 4.02. The quantitative estimate of drug-likeness (QED) is 0.508. The van der Waals surface area contributed by atoms with E-state index in [9.17, 15) is 9.59 Å². The zero-order chi connectivity index (χ0) is 21.8. The van der Waals surface area contributed by atoms with Gasteiger partial charge in [-0.15, -0.1) is 0 Å². The number of ether oxygens (including phenoxy) is 1. The number of carboxylic acids is 1. The van der Waals surface area contributed by atoms with Crippen LogP contribution in [0.1, 0.15) is 16.7 Å². The molecule has 3 aromatic rings. The summed E-state index contributed by atoms with van der Waals surface area (Å²) < 4.78 is 6.54. The summed E-state index contributed by atoms with van der Waals surface area (Å²) in [6, 6.07) is 20.4. The molecule has 0 fully saturated rings. The first-order valence-corrected chi connectivity index (χ1v) is 10.7. The number of benzene rings is 3. The standard InChI is InChI=1S/C24H21BrN2O4/c25-21-13-16(14-23(28)29)5-10-22(21)31-20-8-6-19(7-9-20)26-24(30)27-12-11-17-3-1-2-4-18(17)15-27/h1-10,13H,11-12,14-15H2,(H,26,30)(H,28,29). The SMILES string of the molecule is O=C(O)Cc1ccc(Oc2ccc(NC(=O)N3CCc4ccccc4C3)cc2)c(Br)c1. The van der Waals surface area contributed by atoms with Crippen LogP contribution >= 0.6 is 15.9 Å². The van der Waals surface area contributed by atoms with Crippen molar-refractivity contribution in [3.63, 3.8) is 0 Å². The lowest BCUT2D eigenvalue weighted by molar-refractivity contribution is -0.136. The van der Waals surface area contributed by atoms with Gasteiger partial charge >= 0.3 is 12.0 Å². The number of anilines is 1. The number of hydrogen-bond acceptors (Lipinski definition) is 3. The number of halogens is 1. The highest BCUT2D eigenvalue weighted by atomic mass is 79.9. The molecule has 6 nitrogen and oxygen atoms in total. The molecule has 0 spiro atoms. The van der Waals surface area contributed by atoms with Crippen molar-refractivity contribution < 1.29 is 19.4 Å². The number of nitrogens with one attached hydrogen (secondary N) is 1. The van der Waals surface area contributed by atoms with E-state index in [0.717, 1.165) is 6.42 Å².